The summed E-state index contributed by atoms with van der Waals surface area (Å²) in [5.74, 6) is 0.197. The number of aliphatic hydroxyl groups is 1. The van der Waals surface area contributed by atoms with Crippen LogP contribution in [0.25, 0.3) is 0 Å². The van der Waals surface area contributed by atoms with E-state index in [-0.39, 0.29) is 5.91 Å². The van der Waals surface area contributed by atoms with Crippen LogP contribution >= 0.6 is 0 Å². The maximum Gasteiger partial charge on any atom is 0.222 e. The standard InChI is InChI=1S/C23H30N2O2/c1-2-22(26)25-14-10-23(27,11-15-25)17-18-6-7-19-8-12-24(21-4-3-5-21)13-9-20(19)16-18/h3-7,16,27H,2,8-15,17H2,1H3. The van der Waals surface area contributed by atoms with Crippen LogP contribution in [0.5, 0.6) is 0 Å². The van der Waals surface area contributed by atoms with Gasteiger partial charge in [0.15, 0.2) is 0 Å². The van der Waals surface area contributed by atoms with E-state index < -0.39 is 5.60 Å². The summed E-state index contributed by atoms with van der Waals surface area (Å²) in [4.78, 5) is 16.2. The van der Waals surface area contributed by atoms with Crippen molar-refractivity contribution < 1.29 is 9.90 Å². The molecule has 1 aliphatic carbocycles. The van der Waals surface area contributed by atoms with Gasteiger partial charge in [-0.1, -0.05) is 31.2 Å². The minimum atomic E-state index is -0.683. The van der Waals surface area contributed by atoms with Crippen molar-refractivity contribution in [2.45, 2.75) is 51.0 Å². The molecule has 0 aromatic heterocycles. The average Bonchev–Trinajstić information content (AvgIpc) is 2.83. The Bertz CT molecular complexity index is 773. The Morgan fingerprint density at radius 1 is 1.11 bits per heavy atom. The normalized spacial score (nSPS) is 21.2. The molecule has 0 radical (unpaired) electrons. The summed E-state index contributed by atoms with van der Waals surface area (Å²) in [6.45, 7) is 5.38. The van der Waals surface area contributed by atoms with Crippen LogP contribution < -0.4 is 0 Å². The molecule has 0 atom stereocenters. The number of piperidine rings is 1. The van der Waals surface area contributed by atoms with Crippen molar-refractivity contribution in [3.63, 3.8) is 0 Å². The van der Waals surface area contributed by atoms with E-state index in [2.05, 4.69) is 41.3 Å². The van der Waals surface area contributed by atoms with Gasteiger partial charge in [-0.25, -0.2) is 0 Å². The number of benzene rings is 1. The molecule has 1 aromatic rings. The monoisotopic (exact) mass is 366 g/mol. The predicted octanol–water partition coefficient (Wildman–Crippen LogP) is 2.85. The second kappa shape index (κ2) is 7.51. The molecule has 0 unspecified atom stereocenters. The summed E-state index contributed by atoms with van der Waals surface area (Å²) in [6, 6.07) is 6.77. The second-order valence-electron chi connectivity index (χ2n) is 8.18. The lowest BCUT2D eigenvalue weighted by molar-refractivity contribution is -0.135. The van der Waals surface area contributed by atoms with Crippen LogP contribution in [0.4, 0.5) is 0 Å². The molecule has 4 heteroatoms. The number of carbonyl (C=O) groups excluding carboxylic acids is 1. The lowest BCUT2D eigenvalue weighted by Gasteiger charge is -2.38. The number of allylic oxidation sites excluding steroid dienone is 3. The van der Waals surface area contributed by atoms with Gasteiger partial charge in [-0.15, -0.1) is 0 Å². The highest BCUT2D eigenvalue weighted by molar-refractivity contribution is 5.75. The molecule has 0 bridgehead atoms. The molecule has 4 nitrogen and oxygen atoms in total. The fourth-order valence-corrected chi connectivity index (χ4v) is 4.49. The van der Waals surface area contributed by atoms with Crippen LogP contribution in [-0.2, 0) is 24.1 Å². The Balaban J connectivity index is 1.40. The molecule has 0 spiro atoms. The smallest absolute Gasteiger partial charge is 0.222 e. The van der Waals surface area contributed by atoms with Gasteiger partial charge in [-0.2, -0.15) is 0 Å². The van der Waals surface area contributed by atoms with E-state index in [1.807, 2.05) is 11.8 Å². The van der Waals surface area contributed by atoms with Crippen LogP contribution in [0.2, 0.25) is 0 Å². The highest BCUT2D eigenvalue weighted by atomic mass is 16.3. The Morgan fingerprint density at radius 3 is 2.44 bits per heavy atom. The lowest BCUT2D eigenvalue weighted by atomic mass is 9.84. The van der Waals surface area contributed by atoms with Crippen molar-refractivity contribution in [3.8, 4) is 0 Å². The molecule has 1 N–H and O–H groups in total. The van der Waals surface area contributed by atoms with Gasteiger partial charge in [-0.3, -0.25) is 4.79 Å². The molecule has 1 aromatic carbocycles. The zero-order valence-corrected chi connectivity index (χ0v) is 16.3. The first kappa shape index (κ1) is 18.3. The number of hydrogen-bond acceptors (Lipinski definition) is 3. The van der Waals surface area contributed by atoms with Gasteiger partial charge in [0.1, 0.15) is 0 Å². The zero-order valence-electron chi connectivity index (χ0n) is 16.3. The van der Waals surface area contributed by atoms with Crippen molar-refractivity contribution in [1.82, 2.24) is 9.80 Å². The van der Waals surface area contributed by atoms with Gasteiger partial charge >= 0.3 is 0 Å². The van der Waals surface area contributed by atoms with Crippen LogP contribution in [0.1, 0.15) is 42.9 Å². The van der Waals surface area contributed by atoms with Crippen molar-refractivity contribution in [3.05, 3.63) is 58.8 Å². The van der Waals surface area contributed by atoms with Gasteiger partial charge in [0.25, 0.3) is 0 Å². The summed E-state index contributed by atoms with van der Waals surface area (Å²) in [6.07, 6.45) is 11.2. The first-order valence-corrected chi connectivity index (χ1v) is 10.3. The molecule has 1 amide bonds. The maximum absolute atomic E-state index is 11.9. The lowest BCUT2D eigenvalue weighted by Crippen LogP contribution is -2.47. The third-order valence-corrected chi connectivity index (χ3v) is 6.35. The molecular formula is C23H30N2O2. The summed E-state index contributed by atoms with van der Waals surface area (Å²) >= 11 is 0. The number of fused-ring (bicyclic) bond motifs is 1. The van der Waals surface area contributed by atoms with Crippen molar-refractivity contribution in [2.24, 2.45) is 0 Å². The maximum atomic E-state index is 11.9. The molecule has 2 aliphatic heterocycles. The Labute approximate surface area is 162 Å². The highest BCUT2D eigenvalue weighted by Gasteiger charge is 2.33. The summed E-state index contributed by atoms with van der Waals surface area (Å²) in [7, 11) is 0. The van der Waals surface area contributed by atoms with Crippen molar-refractivity contribution in [2.75, 3.05) is 26.2 Å². The average molecular weight is 367 g/mol. The highest BCUT2D eigenvalue weighted by Crippen LogP contribution is 2.29. The number of rotatable bonds is 4. The third kappa shape index (κ3) is 3.96. The van der Waals surface area contributed by atoms with Gasteiger partial charge in [0, 0.05) is 44.7 Å². The van der Waals surface area contributed by atoms with Crippen LogP contribution in [0.3, 0.4) is 0 Å². The molecular weight excluding hydrogens is 336 g/mol. The molecule has 27 heavy (non-hydrogen) atoms. The van der Waals surface area contributed by atoms with Crippen LogP contribution in [0.15, 0.2) is 42.1 Å². The number of hydrogen-bond donors (Lipinski definition) is 1. The summed E-state index contributed by atoms with van der Waals surface area (Å²) in [5.41, 5.74) is 4.77. The molecule has 4 rings (SSSR count). The van der Waals surface area contributed by atoms with Crippen LogP contribution in [0, 0.1) is 0 Å². The minimum absolute atomic E-state index is 0.197. The first-order chi connectivity index (χ1) is 13.1. The predicted molar refractivity (Wildman–Crippen MR) is 107 cm³/mol. The molecule has 1 saturated heterocycles. The van der Waals surface area contributed by atoms with Gasteiger partial charge in [-0.05, 0) is 54.5 Å². The largest absolute Gasteiger partial charge is 0.389 e. The number of nitrogens with zero attached hydrogens (tertiary/aromatic N) is 2. The van der Waals surface area contributed by atoms with E-state index in [0.29, 0.717) is 38.8 Å². The Hall–Kier alpha value is -2.07. The fraction of sp³-hybridized carbons (Fsp3) is 0.522. The molecule has 144 valence electrons. The van der Waals surface area contributed by atoms with Gasteiger partial charge in [0.05, 0.1) is 5.60 Å². The van der Waals surface area contributed by atoms with E-state index in [4.69, 9.17) is 0 Å². The fourth-order valence-electron chi connectivity index (χ4n) is 4.49. The number of amides is 1. The van der Waals surface area contributed by atoms with E-state index in [9.17, 15) is 9.90 Å². The van der Waals surface area contributed by atoms with E-state index in [1.165, 1.54) is 22.4 Å². The quantitative estimate of drug-likeness (QED) is 0.891. The molecule has 1 fully saturated rings. The Kier molecular flexibility index (Phi) is 5.09. The zero-order chi connectivity index (χ0) is 18.9. The third-order valence-electron chi connectivity index (χ3n) is 6.35. The van der Waals surface area contributed by atoms with E-state index >= 15 is 0 Å². The van der Waals surface area contributed by atoms with E-state index in [1.54, 1.807) is 0 Å². The van der Waals surface area contributed by atoms with Crippen molar-refractivity contribution in [1.29, 1.82) is 0 Å². The Morgan fingerprint density at radius 2 is 1.81 bits per heavy atom. The molecule has 2 heterocycles. The first-order valence-electron chi connectivity index (χ1n) is 10.3. The topological polar surface area (TPSA) is 43.8 Å². The second-order valence-corrected chi connectivity index (χ2v) is 8.18. The van der Waals surface area contributed by atoms with Crippen molar-refractivity contribution >= 4 is 5.91 Å². The SMILES string of the molecule is CCC(=O)N1CCC(O)(Cc2ccc3c(c2)CCN(C2=CC=C2)CC3)CC1. The number of carbonyl (C=O) groups is 1. The number of likely N-dealkylation sites (tertiary alicyclic amines) is 1. The minimum Gasteiger partial charge on any atom is -0.389 e. The molecule has 0 saturated carbocycles. The van der Waals surface area contributed by atoms with E-state index in [0.717, 1.165) is 25.9 Å². The summed E-state index contributed by atoms with van der Waals surface area (Å²) in [5, 5.41) is 11.0. The van der Waals surface area contributed by atoms with Crippen LogP contribution in [-0.4, -0.2) is 52.6 Å². The van der Waals surface area contributed by atoms with Gasteiger partial charge in [0.2, 0.25) is 5.91 Å². The molecule has 3 aliphatic rings. The summed E-state index contributed by atoms with van der Waals surface area (Å²) < 4.78 is 0. The van der Waals surface area contributed by atoms with Gasteiger partial charge < -0.3 is 14.9 Å².